The van der Waals surface area contributed by atoms with Gasteiger partial charge < -0.3 is 5.32 Å². The van der Waals surface area contributed by atoms with Crippen molar-refractivity contribution in [2.75, 3.05) is 0 Å². The molecule has 70 valence electrons. The Morgan fingerprint density at radius 2 is 1.92 bits per heavy atom. The zero-order chi connectivity index (χ0) is 7.68. The Morgan fingerprint density at radius 1 is 1.17 bits per heavy atom. The molecule has 1 aliphatic heterocycles. The lowest BCUT2D eigenvalue weighted by Gasteiger charge is -2.36. The van der Waals surface area contributed by atoms with Crippen LogP contribution in [0, 0.1) is 11.3 Å². The first-order chi connectivity index (χ1) is 5.36. The molecule has 2 N–H and O–H groups in total. The third-order valence-electron chi connectivity index (χ3n) is 3.03. The van der Waals surface area contributed by atoms with Crippen LogP contribution in [0.15, 0.2) is 0 Å². The number of hydrogen-bond acceptors (Lipinski definition) is 1. The summed E-state index contributed by atoms with van der Waals surface area (Å²) >= 11 is 0. The minimum absolute atomic E-state index is 0. The minimum atomic E-state index is 0. The van der Waals surface area contributed by atoms with Crippen molar-refractivity contribution in [2.45, 2.75) is 44.6 Å². The summed E-state index contributed by atoms with van der Waals surface area (Å²) in [4.78, 5) is 0. The van der Waals surface area contributed by atoms with E-state index in [2.05, 4.69) is 5.32 Å². The van der Waals surface area contributed by atoms with Crippen LogP contribution in [-0.4, -0.2) is 11.9 Å². The van der Waals surface area contributed by atoms with Crippen molar-refractivity contribution in [3.8, 4) is 0 Å². The van der Waals surface area contributed by atoms with Gasteiger partial charge in [-0.25, -0.2) is 0 Å². The molecule has 2 rings (SSSR count). The molecule has 0 amide bonds. The Morgan fingerprint density at radius 3 is 2.75 bits per heavy atom. The lowest BCUT2D eigenvalue weighted by atomic mass is 9.79. The van der Waals surface area contributed by atoms with Gasteiger partial charge in [-0.15, -0.1) is 12.4 Å². The molecule has 3 heteroatoms. The maximum atomic E-state index is 7.50. The smallest absolute Gasteiger partial charge is 0.0933 e. The van der Waals surface area contributed by atoms with Crippen LogP contribution in [0.25, 0.3) is 0 Å². The Kier molecular flexibility index (Phi) is 3.39. The molecule has 1 saturated heterocycles. The molecule has 0 radical (unpaired) electrons. The van der Waals surface area contributed by atoms with Crippen LogP contribution in [0.3, 0.4) is 0 Å². The van der Waals surface area contributed by atoms with Crippen molar-refractivity contribution in [1.82, 2.24) is 5.32 Å². The summed E-state index contributed by atoms with van der Waals surface area (Å²) < 4.78 is 0. The second kappa shape index (κ2) is 4.13. The van der Waals surface area contributed by atoms with Gasteiger partial charge in [-0.2, -0.15) is 0 Å². The lowest BCUT2D eigenvalue weighted by molar-refractivity contribution is 0.257. The predicted octanol–water partition coefficient (Wildman–Crippen LogP) is 2.33. The zero-order valence-corrected chi connectivity index (χ0v) is 8.12. The van der Waals surface area contributed by atoms with E-state index in [0.29, 0.717) is 6.04 Å². The van der Waals surface area contributed by atoms with Crippen molar-refractivity contribution in [3.05, 3.63) is 0 Å². The number of amidine groups is 1. The third-order valence-corrected chi connectivity index (χ3v) is 3.03. The van der Waals surface area contributed by atoms with Crippen molar-refractivity contribution in [2.24, 2.45) is 5.92 Å². The maximum Gasteiger partial charge on any atom is 0.0933 e. The first kappa shape index (κ1) is 9.85. The van der Waals surface area contributed by atoms with Crippen LogP contribution in [0.2, 0.25) is 0 Å². The molecule has 0 aromatic heterocycles. The van der Waals surface area contributed by atoms with Crippen LogP contribution < -0.4 is 5.32 Å². The Labute approximate surface area is 80.0 Å². The zero-order valence-electron chi connectivity index (χ0n) is 7.31. The standard InChI is InChI=1S/C9H16N2.ClH/c10-9-6-5-7-3-1-2-4-8(7)11-9;/h7-8H,1-6H2,(H2,10,11);1H. The van der Waals surface area contributed by atoms with E-state index < -0.39 is 0 Å². The van der Waals surface area contributed by atoms with Gasteiger partial charge in [0.25, 0.3) is 0 Å². The number of nitrogens with one attached hydrogen (secondary N) is 2. The van der Waals surface area contributed by atoms with E-state index in [1.807, 2.05) is 0 Å². The van der Waals surface area contributed by atoms with E-state index >= 15 is 0 Å². The summed E-state index contributed by atoms with van der Waals surface area (Å²) in [6, 6.07) is 0.657. The Hall–Kier alpha value is -0.240. The fourth-order valence-corrected chi connectivity index (χ4v) is 2.37. The highest BCUT2D eigenvalue weighted by Crippen LogP contribution is 2.30. The molecule has 0 spiro atoms. The SMILES string of the molecule is Cl.N=C1CCC2CCCCC2N1. The molecular formula is C9H17ClN2. The van der Waals surface area contributed by atoms with E-state index in [9.17, 15) is 0 Å². The molecule has 2 atom stereocenters. The molecule has 0 bridgehead atoms. The Balaban J connectivity index is 0.000000720. The molecule has 12 heavy (non-hydrogen) atoms. The van der Waals surface area contributed by atoms with Crippen molar-refractivity contribution in [3.63, 3.8) is 0 Å². The van der Waals surface area contributed by atoms with E-state index in [1.165, 1.54) is 32.1 Å². The summed E-state index contributed by atoms with van der Waals surface area (Å²) in [5, 5.41) is 10.8. The van der Waals surface area contributed by atoms with E-state index in [-0.39, 0.29) is 12.4 Å². The van der Waals surface area contributed by atoms with Gasteiger partial charge in [0.05, 0.1) is 5.84 Å². The molecule has 1 saturated carbocycles. The van der Waals surface area contributed by atoms with E-state index in [4.69, 9.17) is 5.41 Å². The average molecular weight is 189 g/mol. The first-order valence-corrected chi connectivity index (χ1v) is 4.70. The summed E-state index contributed by atoms with van der Waals surface area (Å²) in [6.07, 6.45) is 7.72. The van der Waals surface area contributed by atoms with E-state index in [1.54, 1.807) is 0 Å². The molecule has 1 aliphatic carbocycles. The number of piperidine rings is 1. The topological polar surface area (TPSA) is 35.9 Å². The quantitative estimate of drug-likeness (QED) is 0.602. The highest BCUT2D eigenvalue weighted by Gasteiger charge is 2.28. The maximum absolute atomic E-state index is 7.50. The van der Waals surface area contributed by atoms with Gasteiger partial charge in [0.1, 0.15) is 0 Å². The molecule has 2 aliphatic rings. The van der Waals surface area contributed by atoms with Gasteiger partial charge >= 0.3 is 0 Å². The second-order valence-electron chi connectivity index (χ2n) is 3.81. The van der Waals surface area contributed by atoms with Crippen molar-refractivity contribution in [1.29, 1.82) is 5.41 Å². The molecule has 2 fully saturated rings. The molecule has 2 nitrogen and oxygen atoms in total. The van der Waals surface area contributed by atoms with Gasteiger partial charge in [-0.3, -0.25) is 5.41 Å². The van der Waals surface area contributed by atoms with Gasteiger partial charge in [-0.05, 0) is 25.2 Å². The summed E-state index contributed by atoms with van der Waals surface area (Å²) in [6.45, 7) is 0. The van der Waals surface area contributed by atoms with Crippen LogP contribution >= 0.6 is 12.4 Å². The minimum Gasteiger partial charge on any atom is -0.371 e. The van der Waals surface area contributed by atoms with Gasteiger partial charge in [0.15, 0.2) is 0 Å². The fraction of sp³-hybridized carbons (Fsp3) is 0.889. The number of fused-ring (bicyclic) bond motifs is 1. The lowest BCUT2D eigenvalue weighted by Crippen LogP contribution is -2.45. The van der Waals surface area contributed by atoms with Crippen LogP contribution in [0.1, 0.15) is 38.5 Å². The highest BCUT2D eigenvalue weighted by molar-refractivity contribution is 5.85. The number of rotatable bonds is 0. The summed E-state index contributed by atoms with van der Waals surface area (Å²) in [5.41, 5.74) is 0. The number of halogens is 1. The first-order valence-electron chi connectivity index (χ1n) is 4.70. The van der Waals surface area contributed by atoms with Crippen LogP contribution in [0.4, 0.5) is 0 Å². The molecule has 2 unspecified atom stereocenters. The summed E-state index contributed by atoms with van der Waals surface area (Å²) in [7, 11) is 0. The van der Waals surface area contributed by atoms with Crippen LogP contribution in [0.5, 0.6) is 0 Å². The number of hydrogen-bond donors (Lipinski definition) is 2. The van der Waals surface area contributed by atoms with Gasteiger partial charge in [0.2, 0.25) is 0 Å². The molecule has 0 aromatic carbocycles. The summed E-state index contributed by atoms with van der Waals surface area (Å²) in [5.74, 6) is 1.66. The molecule has 1 heterocycles. The normalized spacial score (nSPS) is 34.5. The largest absolute Gasteiger partial charge is 0.371 e. The monoisotopic (exact) mass is 188 g/mol. The fourth-order valence-electron chi connectivity index (χ4n) is 2.37. The van der Waals surface area contributed by atoms with Crippen molar-refractivity contribution < 1.29 is 0 Å². The highest BCUT2D eigenvalue weighted by atomic mass is 35.5. The second-order valence-corrected chi connectivity index (χ2v) is 3.81. The molecule has 0 aromatic rings. The third kappa shape index (κ3) is 1.92. The predicted molar refractivity (Wildman–Crippen MR) is 53.1 cm³/mol. The van der Waals surface area contributed by atoms with Gasteiger partial charge in [-0.1, -0.05) is 12.8 Å². The molecular weight excluding hydrogens is 172 g/mol. The van der Waals surface area contributed by atoms with Gasteiger partial charge in [0, 0.05) is 12.5 Å². The Bertz CT molecular complexity index is 170. The average Bonchev–Trinajstić information content (AvgIpc) is 2.04. The van der Waals surface area contributed by atoms with Crippen LogP contribution in [-0.2, 0) is 0 Å². The van der Waals surface area contributed by atoms with E-state index in [0.717, 1.165) is 18.2 Å². The van der Waals surface area contributed by atoms with Crippen molar-refractivity contribution >= 4 is 18.2 Å².